The molecule has 0 spiro atoms. The minimum Gasteiger partial charge on any atom is -0.345 e. The summed E-state index contributed by atoms with van der Waals surface area (Å²) in [5.41, 5.74) is 7.17. The highest BCUT2D eigenvalue weighted by Gasteiger charge is 2.26. The van der Waals surface area contributed by atoms with Crippen molar-refractivity contribution in [2.45, 2.75) is 71.9 Å². The fourth-order valence-electron chi connectivity index (χ4n) is 2.99. The van der Waals surface area contributed by atoms with Crippen LogP contribution >= 0.6 is 11.3 Å². The first-order chi connectivity index (χ1) is 9.49. The minimum absolute atomic E-state index is 0.0942. The van der Waals surface area contributed by atoms with E-state index in [4.69, 9.17) is 10.7 Å². The lowest BCUT2D eigenvalue weighted by Crippen LogP contribution is -2.34. The van der Waals surface area contributed by atoms with Crippen molar-refractivity contribution in [1.82, 2.24) is 4.98 Å². The summed E-state index contributed by atoms with van der Waals surface area (Å²) >= 11 is 1.80. The van der Waals surface area contributed by atoms with Crippen LogP contribution in [0.3, 0.4) is 0 Å². The van der Waals surface area contributed by atoms with E-state index in [0.717, 1.165) is 18.2 Å². The van der Waals surface area contributed by atoms with Gasteiger partial charge in [0.1, 0.15) is 0 Å². The SMILES string of the molecule is Cc1nc(N(CCC(C)C)C2CCCC2)sc1C(C)N. The van der Waals surface area contributed by atoms with Gasteiger partial charge in [0.2, 0.25) is 0 Å². The second-order valence-corrected chi connectivity index (χ2v) is 7.56. The fraction of sp³-hybridized carbons (Fsp3) is 0.812. The van der Waals surface area contributed by atoms with Crippen LogP contribution in [0.25, 0.3) is 0 Å². The van der Waals surface area contributed by atoms with E-state index < -0.39 is 0 Å². The molecular weight excluding hydrogens is 266 g/mol. The molecule has 1 saturated carbocycles. The molecule has 0 amide bonds. The van der Waals surface area contributed by atoms with Crippen molar-refractivity contribution >= 4 is 16.5 Å². The topological polar surface area (TPSA) is 42.2 Å². The molecule has 3 nitrogen and oxygen atoms in total. The third-order valence-electron chi connectivity index (χ3n) is 4.19. The van der Waals surface area contributed by atoms with Gasteiger partial charge in [-0.3, -0.25) is 0 Å². The summed E-state index contributed by atoms with van der Waals surface area (Å²) in [7, 11) is 0. The van der Waals surface area contributed by atoms with Gasteiger partial charge in [0.15, 0.2) is 5.13 Å². The van der Waals surface area contributed by atoms with Crippen LogP contribution in [0, 0.1) is 12.8 Å². The number of hydrogen-bond donors (Lipinski definition) is 1. The van der Waals surface area contributed by atoms with Crippen LogP contribution in [0.5, 0.6) is 0 Å². The Bertz CT molecular complexity index is 419. The number of nitrogens with zero attached hydrogens (tertiary/aromatic N) is 2. The van der Waals surface area contributed by atoms with Crippen molar-refractivity contribution in [1.29, 1.82) is 0 Å². The van der Waals surface area contributed by atoms with Crippen molar-refractivity contribution in [3.63, 3.8) is 0 Å². The van der Waals surface area contributed by atoms with Gasteiger partial charge in [0, 0.05) is 23.5 Å². The van der Waals surface area contributed by atoms with Crippen LogP contribution in [0.2, 0.25) is 0 Å². The smallest absolute Gasteiger partial charge is 0.186 e. The summed E-state index contributed by atoms with van der Waals surface area (Å²) < 4.78 is 0. The molecule has 1 aliphatic carbocycles. The van der Waals surface area contributed by atoms with Crippen LogP contribution in [-0.2, 0) is 0 Å². The minimum atomic E-state index is 0.0942. The zero-order valence-electron chi connectivity index (χ0n) is 13.4. The molecule has 2 rings (SSSR count). The number of aromatic nitrogens is 1. The highest BCUT2D eigenvalue weighted by Crippen LogP contribution is 2.34. The average Bonchev–Trinajstić information content (AvgIpc) is 2.99. The van der Waals surface area contributed by atoms with Crippen molar-refractivity contribution in [3.05, 3.63) is 10.6 Å². The van der Waals surface area contributed by atoms with Crippen molar-refractivity contribution < 1.29 is 0 Å². The van der Waals surface area contributed by atoms with Gasteiger partial charge in [-0.2, -0.15) is 0 Å². The molecule has 1 unspecified atom stereocenters. The zero-order chi connectivity index (χ0) is 14.7. The van der Waals surface area contributed by atoms with Crippen LogP contribution in [-0.4, -0.2) is 17.6 Å². The fourth-order valence-corrected chi connectivity index (χ4v) is 4.10. The zero-order valence-corrected chi connectivity index (χ0v) is 14.2. The molecule has 1 aliphatic rings. The Morgan fingerprint density at radius 3 is 2.45 bits per heavy atom. The Labute approximate surface area is 127 Å². The lowest BCUT2D eigenvalue weighted by atomic mass is 10.1. The Kier molecular flexibility index (Phi) is 5.44. The molecule has 0 aromatic carbocycles. The Morgan fingerprint density at radius 2 is 1.95 bits per heavy atom. The van der Waals surface area contributed by atoms with E-state index >= 15 is 0 Å². The molecule has 114 valence electrons. The summed E-state index contributed by atoms with van der Waals surface area (Å²) in [5, 5.41) is 1.20. The Hall–Kier alpha value is -0.610. The number of thiazole rings is 1. The normalized spacial score (nSPS) is 17.9. The highest BCUT2D eigenvalue weighted by molar-refractivity contribution is 7.15. The van der Waals surface area contributed by atoms with Gasteiger partial charge in [0.05, 0.1) is 5.69 Å². The lowest BCUT2D eigenvalue weighted by molar-refractivity contribution is 0.527. The molecule has 1 heterocycles. The molecule has 0 radical (unpaired) electrons. The van der Waals surface area contributed by atoms with E-state index in [-0.39, 0.29) is 6.04 Å². The lowest BCUT2D eigenvalue weighted by Gasteiger charge is -2.29. The van der Waals surface area contributed by atoms with Gasteiger partial charge in [0.25, 0.3) is 0 Å². The maximum Gasteiger partial charge on any atom is 0.186 e. The van der Waals surface area contributed by atoms with E-state index in [9.17, 15) is 0 Å². The highest BCUT2D eigenvalue weighted by atomic mass is 32.1. The second-order valence-electron chi connectivity index (χ2n) is 6.55. The molecule has 1 atom stereocenters. The molecule has 0 bridgehead atoms. The van der Waals surface area contributed by atoms with Gasteiger partial charge in [-0.25, -0.2) is 4.98 Å². The molecule has 0 aliphatic heterocycles. The predicted molar refractivity (Wildman–Crippen MR) is 88.5 cm³/mol. The standard InChI is InChI=1S/C16H29N3S/c1-11(2)9-10-19(14-7-5-6-8-14)16-18-13(4)15(20-16)12(3)17/h11-12,14H,5-10,17H2,1-4H3. The maximum absolute atomic E-state index is 6.06. The molecular formula is C16H29N3S. The van der Waals surface area contributed by atoms with Crippen molar-refractivity contribution in [2.75, 3.05) is 11.4 Å². The predicted octanol–water partition coefficient (Wildman–Crippen LogP) is 4.27. The largest absolute Gasteiger partial charge is 0.345 e. The van der Waals surface area contributed by atoms with Crippen molar-refractivity contribution in [2.24, 2.45) is 11.7 Å². The number of hydrogen-bond acceptors (Lipinski definition) is 4. The van der Waals surface area contributed by atoms with Gasteiger partial charge >= 0.3 is 0 Å². The van der Waals surface area contributed by atoms with Crippen LogP contribution in [0.15, 0.2) is 0 Å². The van der Waals surface area contributed by atoms with Gasteiger partial charge in [-0.15, -0.1) is 11.3 Å². The van der Waals surface area contributed by atoms with Crippen molar-refractivity contribution in [3.8, 4) is 0 Å². The van der Waals surface area contributed by atoms with Gasteiger partial charge < -0.3 is 10.6 Å². The monoisotopic (exact) mass is 295 g/mol. The number of nitrogens with two attached hydrogens (primary N) is 1. The molecule has 20 heavy (non-hydrogen) atoms. The van der Waals surface area contributed by atoms with E-state index in [1.165, 1.54) is 42.1 Å². The van der Waals surface area contributed by atoms with E-state index in [1.807, 2.05) is 0 Å². The molecule has 4 heteroatoms. The molecule has 1 fully saturated rings. The molecule has 0 saturated heterocycles. The first-order valence-corrected chi connectivity index (χ1v) is 8.80. The number of aryl methyl sites for hydroxylation is 1. The van der Waals surface area contributed by atoms with Crippen LogP contribution in [0.4, 0.5) is 5.13 Å². The summed E-state index contributed by atoms with van der Waals surface area (Å²) in [5.74, 6) is 0.743. The Balaban J connectivity index is 2.18. The second kappa shape index (κ2) is 6.90. The number of anilines is 1. The maximum atomic E-state index is 6.06. The molecule has 1 aromatic rings. The summed E-state index contributed by atoms with van der Waals surface area (Å²) in [6.07, 6.45) is 6.62. The number of rotatable bonds is 6. The summed E-state index contributed by atoms with van der Waals surface area (Å²) in [4.78, 5) is 8.63. The quantitative estimate of drug-likeness (QED) is 0.852. The van der Waals surface area contributed by atoms with E-state index in [2.05, 4.69) is 32.6 Å². The summed E-state index contributed by atoms with van der Waals surface area (Å²) in [6, 6.07) is 0.789. The third kappa shape index (κ3) is 3.73. The van der Waals surface area contributed by atoms with Crippen LogP contribution in [0.1, 0.15) is 69.5 Å². The van der Waals surface area contributed by atoms with Gasteiger partial charge in [-0.05, 0) is 39.0 Å². The van der Waals surface area contributed by atoms with E-state index in [0.29, 0.717) is 6.04 Å². The van der Waals surface area contributed by atoms with E-state index in [1.54, 1.807) is 11.3 Å². The summed E-state index contributed by atoms with van der Waals surface area (Å²) in [6.45, 7) is 9.88. The third-order valence-corrected chi connectivity index (χ3v) is 5.59. The first-order valence-electron chi connectivity index (χ1n) is 7.98. The Morgan fingerprint density at radius 1 is 1.30 bits per heavy atom. The molecule has 1 aromatic heterocycles. The molecule has 2 N–H and O–H groups in total. The van der Waals surface area contributed by atoms with Crippen LogP contribution < -0.4 is 10.6 Å². The first kappa shape index (κ1) is 15.8. The average molecular weight is 295 g/mol. The van der Waals surface area contributed by atoms with Gasteiger partial charge in [-0.1, -0.05) is 26.7 Å².